The van der Waals surface area contributed by atoms with Gasteiger partial charge in [0, 0.05) is 13.0 Å². The maximum absolute atomic E-state index is 10.3. The van der Waals surface area contributed by atoms with Gasteiger partial charge < -0.3 is 15.3 Å². The van der Waals surface area contributed by atoms with Crippen LogP contribution in [0, 0.1) is 46.3 Å². The molecule has 348 valence electrons. The van der Waals surface area contributed by atoms with E-state index in [1.54, 1.807) is 5.57 Å². The number of aliphatic hydroxyl groups is 2. The van der Waals surface area contributed by atoms with Gasteiger partial charge >= 0.3 is 5.97 Å². The number of unbranched alkanes of at least 4 members (excludes halogenated alkanes) is 21. The van der Waals surface area contributed by atoms with Crippen molar-refractivity contribution in [2.24, 2.45) is 46.3 Å². The third kappa shape index (κ3) is 20.5. The monoisotopic (exact) mass is 829 g/mol. The first-order chi connectivity index (χ1) is 28.4. The van der Waals surface area contributed by atoms with Gasteiger partial charge in [0.15, 0.2) is 0 Å². The van der Waals surface area contributed by atoms with Gasteiger partial charge in [0.05, 0.1) is 6.10 Å². The van der Waals surface area contributed by atoms with Gasteiger partial charge in [-0.3, -0.25) is 4.79 Å². The normalized spacial score (nSPS) is 27.7. The van der Waals surface area contributed by atoms with E-state index in [0.717, 1.165) is 67.6 Å². The molecule has 0 aliphatic heterocycles. The van der Waals surface area contributed by atoms with Crippen molar-refractivity contribution in [3.05, 3.63) is 11.6 Å². The van der Waals surface area contributed by atoms with Gasteiger partial charge in [0.25, 0.3) is 0 Å². The zero-order chi connectivity index (χ0) is 43.4. The van der Waals surface area contributed by atoms with Crippen molar-refractivity contribution in [1.29, 1.82) is 0 Å². The van der Waals surface area contributed by atoms with E-state index < -0.39 is 5.97 Å². The molecule has 3 fully saturated rings. The number of carboxylic acid groups (broad SMARTS) is 1. The van der Waals surface area contributed by atoms with Gasteiger partial charge in [-0.2, -0.15) is 0 Å². The highest BCUT2D eigenvalue weighted by Gasteiger charge is 2.59. The molecule has 4 aliphatic rings. The minimum absolute atomic E-state index is 0.0766. The molecule has 59 heavy (non-hydrogen) atoms. The fourth-order valence-corrected chi connectivity index (χ4v) is 12.6. The van der Waals surface area contributed by atoms with E-state index in [1.165, 1.54) is 186 Å². The molecule has 0 saturated heterocycles. The average molecular weight is 829 g/mol. The second kappa shape index (κ2) is 31.9. The lowest BCUT2D eigenvalue weighted by atomic mass is 9.47. The van der Waals surface area contributed by atoms with Crippen molar-refractivity contribution in [2.45, 2.75) is 279 Å². The van der Waals surface area contributed by atoms with E-state index in [4.69, 9.17) is 10.2 Å². The summed E-state index contributed by atoms with van der Waals surface area (Å²) in [6.07, 6.45) is 47.7. The SMILES string of the molecule is CC(C)CCC[C@@H](C)[C@H]1CC[C@H]2[C@@H]3CC=C4C[C@@H](O)CC[C@]4(C)[C@H]3CC[C@]12C.CCCCCCCCCCCCCCCCCC(=O)O.CCCCCCCCCCO. The fraction of sp³-hybridized carbons (Fsp3) is 0.945. The number of fused-ring (bicyclic) bond motifs is 5. The van der Waals surface area contributed by atoms with Crippen LogP contribution in [0.5, 0.6) is 0 Å². The second-order valence-electron chi connectivity index (χ2n) is 21.5. The molecule has 3 N–H and O–H groups in total. The van der Waals surface area contributed by atoms with Crippen LogP contribution in [-0.2, 0) is 4.79 Å². The Labute approximate surface area is 368 Å². The number of aliphatic hydroxyl groups excluding tert-OH is 2. The smallest absolute Gasteiger partial charge is 0.303 e. The van der Waals surface area contributed by atoms with Gasteiger partial charge in [-0.15, -0.1) is 0 Å². The van der Waals surface area contributed by atoms with Crippen molar-refractivity contribution in [3.63, 3.8) is 0 Å². The first-order valence-corrected chi connectivity index (χ1v) is 26.6. The molecule has 0 heterocycles. The molecule has 0 amide bonds. The number of hydrogen-bond acceptors (Lipinski definition) is 3. The zero-order valence-electron chi connectivity index (χ0n) is 40.8. The van der Waals surface area contributed by atoms with Crippen LogP contribution in [0.1, 0.15) is 273 Å². The van der Waals surface area contributed by atoms with Crippen molar-refractivity contribution in [2.75, 3.05) is 6.61 Å². The Morgan fingerprint density at radius 1 is 0.644 bits per heavy atom. The topological polar surface area (TPSA) is 77.8 Å². The lowest BCUT2D eigenvalue weighted by Crippen LogP contribution is -2.50. The summed E-state index contributed by atoms with van der Waals surface area (Å²) in [5.41, 5.74) is 2.60. The van der Waals surface area contributed by atoms with Crippen molar-refractivity contribution in [3.8, 4) is 0 Å². The molecule has 0 bridgehead atoms. The quantitative estimate of drug-likeness (QED) is 0.0518. The Hall–Kier alpha value is -0.870. The maximum atomic E-state index is 10.3. The molecule has 0 unspecified atom stereocenters. The van der Waals surface area contributed by atoms with Crippen LogP contribution in [-0.4, -0.2) is 34.0 Å². The van der Waals surface area contributed by atoms with Crippen LogP contribution in [0.15, 0.2) is 11.6 Å². The summed E-state index contributed by atoms with van der Waals surface area (Å²) in [6, 6.07) is 0. The Morgan fingerprint density at radius 2 is 1.15 bits per heavy atom. The molecule has 8 atom stereocenters. The Kier molecular flexibility index (Phi) is 29.3. The van der Waals surface area contributed by atoms with Crippen LogP contribution in [0.25, 0.3) is 0 Å². The lowest BCUT2D eigenvalue weighted by Gasteiger charge is -2.58. The fourth-order valence-electron chi connectivity index (χ4n) is 12.6. The van der Waals surface area contributed by atoms with Crippen molar-refractivity contribution in [1.82, 2.24) is 0 Å². The highest BCUT2D eigenvalue weighted by molar-refractivity contribution is 5.66. The third-order valence-electron chi connectivity index (χ3n) is 16.3. The molecular formula is C55H104O4. The Balaban J connectivity index is 0.000000339. The van der Waals surface area contributed by atoms with Gasteiger partial charge in [0.2, 0.25) is 0 Å². The van der Waals surface area contributed by atoms with E-state index in [1.807, 2.05) is 0 Å². The van der Waals surface area contributed by atoms with Gasteiger partial charge in [0.1, 0.15) is 0 Å². The van der Waals surface area contributed by atoms with Gasteiger partial charge in [-0.1, -0.05) is 214 Å². The molecule has 0 aromatic heterocycles. The number of aliphatic carboxylic acids is 1. The molecule has 4 rings (SSSR count). The molecule has 4 heteroatoms. The number of carboxylic acids is 1. The zero-order valence-corrected chi connectivity index (χ0v) is 40.8. The minimum Gasteiger partial charge on any atom is -0.481 e. The van der Waals surface area contributed by atoms with E-state index in [0.29, 0.717) is 23.9 Å². The molecular weight excluding hydrogens is 725 g/mol. The summed E-state index contributed by atoms with van der Waals surface area (Å²) in [7, 11) is 0. The highest BCUT2D eigenvalue weighted by atomic mass is 16.4. The predicted octanol–water partition coefficient (Wildman–Crippen LogP) is 16.8. The molecule has 0 radical (unpaired) electrons. The molecule has 4 aliphatic carbocycles. The number of hydrogen-bond donors (Lipinski definition) is 3. The summed E-state index contributed by atoms with van der Waals surface area (Å²) in [6.45, 7) is 17.4. The van der Waals surface area contributed by atoms with Gasteiger partial charge in [-0.25, -0.2) is 0 Å². The summed E-state index contributed by atoms with van der Waals surface area (Å²) >= 11 is 0. The first-order valence-electron chi connectivity index (χ1n) is 26.6. The number of rotatable bonds is 29. The van der Waals surface area contributed by atoms with Gasteiger partial charge in [-0.05, 0) is 111 Å². The lowest BCUT2D eigenvalue weighted by molar-refractivity contribution is -0.137. The molecule has 0 spiro atoms. The summed E-state index contributed by atoms with van der Waals surface area (Å²) in [5.74, 6) is 4.80. The van der Waals surface area contributed by atoms with Crippen molar-refractivity contribution >= 4 is 5.97 Å². The number of carbonyl (C=O) groups is 1. The van der Waals surface area contributed by atoms with E-state index >= 15 is 0 Å². The summed E-state index contributed by atoms with van der Waals surface area (Å²) in [5, 5.41) is 27.2. The average Bonchev–Trinajstić information content (AvgIpc) is 3.57. The molecule has 4 nitrogen and oxygen atoms in total. The van der Waals surface area contributed by atoms with Crippen LogP contribution < -0.4 is 0 Å². The third-order valence-corrected chi connectivity index (χ3v) is 16.3. The van der Waals surface area contributed by atoms with Crippen molar-refractivity contribution < 1.29 is 20.1 Å². The second-order valence-corrected chi connectivity index (χ2v) is 21.5. The Morgan fingerprint density at radius 3 is 1.64 bits per heavy atom. The summed E-state index contributed by atoms with van der Waals surface area (Å²) in [4.78, 5) is 10.3. The minimum atomic E-state index is -0.653. The predicted molar refractivity (Wildman–Crippen MR) is 256 cm³/mol. The van der Waals surface area contributed by atoms with Crippen LogP contribution >= 0.6 is 0 Å². The molecule has 0 aromatic rings. The van der Waals surface area contributed by atoms with E-state index in [9.17, 15) is 9.90 Å². The van der Waals surface area contributed by atoms with Crippen LogP contribution in [0.3, 0.4) is 0 Å². The van der Waals surface area contributed by atoms with Crippen LogP contribution in [0.2, 0.25) is 0 Å². The van der Waals surface area contributed by atoms with E-state index in [-0.39, 0.29) is 6.10 Å². The first kappa shape index (κ1) is 54.3. The van der Waals surface area contributed by atoms with Crippen LogP contribution in [0.4, 0.5) is 0 Å². The molecule has 3 saturated carbocycles. The Bertz CT molecular complexity index is 1060. The summed E-state index contributed by atoms with van der Waals surface area (Å²) < 4.78 is 0. The molecule has 0 aromatic carbocycles. The maximum Gasteiger partial charge on any atom is 0.303 e. The number of allylic oxidation sites excluding steroid dienone is 1. The highest BCUT2D eigenvalue weighted by Crippen LogP contribution is 2.67. The largest absolute Gasteiger partial charge is 0.481 e. The van der Waals surface area contributed by atoms with E-state index in [2.05, 4.69) is 54.5 Å². The standard InChI is InChI=1S/C27H46O.C18H36O2.C10H22O/c1-18(2)7-6-8-19(3)23-11-12-24-22-10-9-20-17-21(28)13-15-26(20,4)25(22)14-16-27(23,24)5;1-2-3-4-5-6-7-8-9-10-11-12-13-14-15-16-17-18(19)20;1-2-3-4-5-6-7-8-9-10-11/h9,18-19,21-25,28H,6-8,10-17H2,1-5H3;2-17H2,1H3,(H,19,20);11H,2-10H2,1H3/t19-,21+,22+,23-,24+,25+,26+,27-;;/m1../s1.